The summed E-state index contributed by atoms with van der Waals surface area (Å²) in [4.78, 5) is 4.22. The summed E-state index contributed by atoms with van der Waals surface area (Å²) < 4.78 is 1.82. The average Bonchev–Trinajstić information content (AvgIpc) is 2.85. The molecule has 0 radical (unpaired) electrons. The van der Waals surface area contributed by atoms with Gasteiger partial charge in [0.2, 0.25) is 0 Å². The second-order valence-electron chi connectivity index (χ2n) is 4.79. The molecule has 1 N–H and O–H groups in total. The van der Waals surface area contributed by atoms with Gasteiger partial charge in [-0.3, -0.25) is 0 Å². The van der Waals surface area contributed by atoms with E-state index in [2.05, 4.69) is 59.6 Å². The van der Waals surface area contributed by atoms with Crippen LogP contribution in [-0.2, 0) is 6.54 Å². The Bertz CT molecular complexity index is 698. The summed E-state index contributed by atoms with van der Waals surface area (Å²) in [5.41, 5.74) is 4.57. The van der Waals surface area contributed by atoms with Gasteiger partial charge in [0.15, 0.2) is 5.65 Å². The minimum absolute atomic E-state index is 0.776. The van der Waals surface area contributed by atoms with Gasteiger partial charge < -0.3 is 5.32 Å². The smallest absolute Gasteiger partial charge is 0.157 e. The van der Waals surface area contributed by atoms with Crippen molar-refractivity contribution < 1.29 is 0 Å². The van der Waals surface area contributed by atoms with Gasteiger partial charge in [0.1, 0.15) is 12.1 Å². The number of rotatable bonds is 3. The van der Waals surface area contributed by atoms with Gasteiger partial charge in [-0.1, -0.05) is 29.8 Å². The van der Waals surface area contributed by atoms with Crippen molar-refractivity contribution >= 4 is 11.5 Å². The molecule has 4 nitrogen and oxygen atoms in total. The number of nitrogens with zero attached hydrogens (tertiary/aromatic N) is 3. The molecule has 1 aromatic carbocycles. The van der Waals surface area contributed by atoms with Crippen molar-refractivity contribution in [1.82, 2.24) is 14.6 Å². The number of benzene rings is 1. The third-order valence-corrected chi connectivity index (χ3v) is 3.12. The third kappa shape index (κ3) is 2.42. The summed E-state index contributed by atoms with van der Waals surface area (Å²) in [6.45, 7) is 4.93. The van der Waals surface area contributed by atoms with Crippen LogP contribution >= 0.6 is 0 Å². The van der Waals surface area contributed by atoms with Crippen LogP contribution < -0.4 is 5.32 Å². The van der Waals surface area contributed by atoms with Crippen LogP contribution in [0.25, 0.3) is 5.65 Å². The number of fused-ring (bicyclic) bond motifs is 1. The molecule has 0 aliphatic rings. The van der Waals surface area contributed by atoms with Crippen molar-refractivity contribution in [3.8, 4) is 0 Å². The lowest BCUT2D eigenvalue weighted by Gasteiger charge is -2.09. The number of nitrogens with one attached hydrogen (secondary N) is 1. The van der Waals surface area contributed by atoms with Crippen LogP contribution in [-0.4, -0.2) is 14.6 Å². The van der Waals surface area contributed by atoms with E-state index in [0.717, 1.165) is 18.0 Å². The van der Waals surface area contributed by atoms with Crippen LogP contribution in [0.5, 0.6) is 0 Å². The first-order valence-corrected chi connectivity index (χ1v) is 6.32. The number of aryl methyl sites for hydroxylation is 2. The summed E-state index contributed by atoms with van der Waals surface area (Å²) in [5.74, 6) is 0.966. The summed E-state index contributed by atoms with van der Waals surface area (Å²) in [7, 11) is 0. The molecule has 3 aromatic rings. The molecule has 0 saturated carbocycles. The standard InChI is InChI=1S/C15H16N4/c1-11-3-5-13(6-4-11)9-16-14-7-12(2)8-15-17-10-18-19(14)15/h3-8,10,16H,9H2,1-2H3. The number of pyridine rings is 1. The maximum absolute atomic E-state index is 4.23. The molecule has 0 aliphatic heterocycles. The number of hydrogen-bond donors (Lipinski definition) is 1. The molecule has 4 heteroatoms. The Hall–Kier alpha value is -2.36. The van der Waals surface area contributed by atoms with Crippen molar-refractivity contribution in [2.24, 2.45) is 0 Å². The molecule has 96 valence electrons. The van der Waals surface area contributed by atoms with Gasteiger partial charge in [0.25, 0.3) is 0 Å². The van der Waals surface area contributed by atoms with Gasteiger partial charge in [-0.15, -0.1) is 0 Å². The molecule has 2 heterocycles. The summed E-state index contributed by atoms with van der Waals surface area (Å²) in [6.07, 6.45) is 1.58. The lowest BCUT2D eigenvalue weighted by atomic mass is 10.1. The van der Waals surface area contributed by atoms with Crippen molar-refractivity contribution in [3.05, 3.63) is 59.4 Å². The molecular weight excluding hydrogens is 236 g/mol. The van der Waals surface area contributed by atoms with Crippen LogP contribution in [0.3, 0.4) is 0 Å². The van der Waals surface area contributed by atoms with Gasteiger partial charge in [-0.25, -0.2) is 4.98 Å². The van der Waals surface area contributed by atoms with Crippen LogP contribution in [0, 0.1) is 13.8 Å². The molecule has 0 fully saturated rings. The predicted molar refractivity (Wildman–Crippen MR) is 76.2 cm³/mol. The SMILES string of the molecule is Cc1ccc(CNc2cc(C)cc3ncnn23)cc1. The van der Waals surface area contributed by atoms with Crippen molar-refractivity contribution in [3.63, 3.8) is 0 Å². The van der Waals surface area contributed by atoms with Gasteiger partial charge in [0, 0.05) is 6.54 Å². The first kappa shape index (κ1) is 11.7. The van der Waals surface area contributed by atoms with E-state index in [1.54, 1.807) is 6.33 Å². The van der Waals surface area contributed by atoms with E-state index in [4.69, 9.17) is 0 Å². The molecule has 0 atom stereocenters. The Morgan fingerprint density at radius 2 is 1.84 bits per heavy atom. The molecular formula is C15H16N4. The van der Waals surface area contributed by atoms with Crippen LogP contribution in [0.1, 0.15) is 16.7 Å². The van der Waals surface area contributed by atoms with E-state index in [1.807, 2.05) is 10.6 Å². The third-order valence-electron chi connectivity index (χ3n) is 3.12. The fourth-order valence-electron chi connectivity index (χ4n) is 2.08. The van der Waals surface area contributed by atoms with Crippen molar-refractivity contribution in [2.75, 3.05) is 5.32 Å². The summed E-state index contributed by atoms with van der Waals surface area (Å²) in [5, 5.41) is 7.64. The summed E-state index contributed by atoms with van der Waals surface area (Å²) >= 11 is 0. The maximum atomic E-state index is 4.23. The number of anilines is 1. The molecule has 0 unspecified atom stereocenters. The first-order valence-electron chi connectivity index (χ1n) is 6.32. The molecule has 0 saturated heterocycles. The highest BCUT2D eigenvalue weighted by Crippen LogP contribution is 2.14. The van der Waals surface area contributed by atoms with Crippen molar-refractivity contribution in [1.29, 1.82) is 0 Å². The zero-order valence-electron chi connectivity index (χ0n) is 11.1. The molecule has 0 amide bonds. The second-order valence-corrected chi connectivity index (χ2v) is 4.79. The Kier molecular flexibility index (Phi) is 2.91. The highest BCUT2D eigenvalue weighted by atomic mass is 15.3. The molecule has 0 bridgehead atoms. The van der Waals surface area contributed by atoms with Crippen LogP contribution in [0.15, 0.2) is 42.7 Å². The maximum Gasteiger partial charge on any atom is 0.157 e. The fourth-order valence-corrected chi connectivity index (χ4v) is 2.08. The number of aromatic nitrogens is 3. The first-order chi connectivity index (χ1) is 9.22. The van der Waals surface area contributed by atoms with E-state index in [1.165, 1.54) is 16.7 Å². The van der Waals surface area contributed by atoms with Gasteiger partial charge in [0.05, 0.1) is 0 Å². The molecule has 0 spiro atoms. The van der Waals surface area contributed by atoms with E-state index < -0.39 is 0 Å². The minimum Gasteiger partial charge on any atom is -0.366 e. The van der Waals surface area contributed by atoms with Crippen molar-refractivity contribution in [2.45, 2.75) is 20.4 Å². The monoisotopic (exact) mass is 252 g/mol. The van der Waals surface area contributed by atoms with Gasteiger partial charge >= 0.3 is 0 Å². The zero-order chi connectivity index (χ0) is 13.2. The van der Waals surface area contributed by atoms with E-state index in [9.17, 15) is 0 Å². The lowest BCUT2D eigenvalue weighted by Crippen LogP contribution is -2.05. The number of hydrogen-bond acceptors (Lipinski definition) is 3. The Balaban J connectivity index is 1.85. The van der Waals surface area contributed by atoms with Gasteiger partial charge in [-0.05, 0) is 37.1 Å². The quantitative estimate of drug-likeness (QED) is 0.779. The molecule has 0 aliphatic carbocycles. The highest BCUT2D eigenvalue weighted by Gasteiger charge is 2.03. The normalized spacial score (nSPS) is 10.8. The van der Waals surface area contributed by atoms with Crippen LogP contribution in [0.4, 0.5) is 5.82 Å². The second kappa shape index (κ2) is 4.72. The average molecular weight is 252 g/mol. The largest absolute Gasteiger partial charge is 0.366 e. The van der Waals surface area contributed by atoms with Crippen LogP contribution in [0.2, 0.25) is 0 Å². The molecule has 3 rings (SSSR count). The van der Waals surface area contributed by atoms with E-state index >= 15 is 0 Å². The highest BCUT2D eigenvalue weighted by molar-refractivity contribution is 5.51. The lowest BCUT2D eigenvalue weighted by molar-refractivity contribution is 0.940. The minimum atomic E-state index is 0.776. The van der Waals surface area contributed by atoms with Gasteiger partial charge in [-0.2, -0.15) is 9.61 Å². The summed E-state index contributed by atoms with van der Waals surface area (Å²) in [6, 6.07) is 12.6. The predicted octanol–water partition coefficient (Wildman–Crippen LogP) is 2.96. The molecule has 2 aromatic heterocycles. The van der Waals surface area contributed by atoms with E-state index in [-0.39, 0.29) is 0 Å². The van der Waals surface area contributed by atoms with E-state index in [0.29, 0.717) is 0 Å². The topological polar surface area (TPSA) is 42.2 Å². The Morgan fingerprint density at radius 3 is 2.63 bits per heavy atom. The molecule has 19 heavy (non-hydrogen) atoms. The fraction of sp³-hybridized carbons (Fsp3) is 0.200. The zero-order valence-corrected chi connectivity index (χ0v) is 11.1. The Labute approximate surface area is 112 Å². The Morgan fingerprint density at radius 1 is 1.05 bits per heavy atom.